The number of amidine groups is 1. The number of nitrogens with one attached hydrogen (secondary N) is 2. The monoisotopic (exact) mass is 288 g/mol. The first-order chi connectivity index (χ1) is 8.86. The molecule has 0 saturated carbocycles. The smallest absolute Gasteiger partial charge is 0.239 e. The lowest BCUT2D eigenvalue weighted by Crippen LogP contribution is -2.39. The number of hydrogen-bond acceptors (Lipinski definition) is 4. The summed E-state index contributed by atoms with van der Waals surface area (Å²) >= 11 is 0.899. The molecule has 8 nitrogen and oxygen atoms in total. The van der Waals surface area contributed by atoms with Crippen LogP contribution in [-0.2, 0) is 9.59 Å². The number of amides is 2. The molecule has 0 aliphatic heterocycles. The number of carbonyl (C=O) groups excluding carboxylic acids is 2. The first kappa shape index (κ1) is 17.2. The van der Waals surface area contributed by atoms with Crippen LogP contribution < -0.4 is 16.8 Å². The average molecular weight is 288 g/mol. The van der Waals surface area contributed by atoms with Gasteiger partial charge in [0.15, 0.2) is 11.1 Å². The maximum absolute atomic E-state index is 11.7. The Morgan fingerprint density at radius 2 is 2.05 bits per heavy atom. The molecule has 0 saturated heterocycles. The molecule has 0 atom stereocenters. The van der Waals surface area contributed by atoms with Gasteiger partial charge in [0.1, 0.15) is 0 Å². The first-order valence-corrected chi connectivity index (χ1v) is 6.67. The third-order valence-electron chi connectivity index (χ3n) is 1.94. The van der Waals surface area contributed by atoms with Crippen molar-refractivity contribution in [3.63, 3.8) is 0 Å². The summed E-state index contributed by atoms with van der Waals surface area (Å²) in [5.74, 6) is -0.695. The highest BCUT2D eigenvalue weighted by Gasteiger charge is 2.13. The van der Waals surface area contributed by atoms with E-state index in [4.69, 9.17) is 16.9 Å². The van der Waals surface area contributed by atoms with Crippen LogP contribution >= 0.6 is 11.8 Å². The fourth-order valence-corrected chi connectivity index (χ4v) is 1.66. The number of likely N-dealkylation sites (N-methyl/N-ethyl adjacent to an activating group) is 1. The number of thioether (sulfide) groups is 1. The molecular weight excluding hydrogens is 268 g/mol. The van der Waals surface area contributed by atoms with Gasteiger partial charge in [0, 0.05) is 13.6 Å². The fraction of sp³-hybridized carbons (Fsp3) is 0.600. The van der Waals surface area contributed by atoms with Gasteiger partial charge in [0.2, 0.25) is 11.8 Å². The van der Waals surface area contributed by atoms with Crippen LogP contribution in [0.5, 0.6) is 0 Å². The molecule has 2 amide bonds. The summed E-state index contributed by atoms with van der Waals surface area (Å²) in [6, 6.07) is 0. The Balaban J connectivity index is 4.04. The summed E-state index contributed by atoms with van der Waals surface area (Å²) in [6.07, 6.45) is 0.842. The fourth-order valence-electron chi connectivity index (χ4n) is 1.01. The zero-order valence-corrected chi connectivity index (χ0v) is 11.9. The molecule has 108 valence electrons. The summed E-state index contributed by atoms with van der Waals surface area (Å²) in [4.78, 5) is 27.8. The molecule has 6 N–H and O–H groups in total. The molecule has 0 heterocycles. The van der Waals surface area contributed by atoms with Gasteiger partial charge < -0.3 is 21.7 Å². The average Bonchev–Trinajstić information content (AvgIpc) is 2.32. The SMILES string of the molecule is CCCNC(=O)CN(C)C(=O)CSC(=N)N=C(N)N. The van der Waals surface area contributed by atoms with Crippen molar-refractivity contribution in [3.8, 4) is 0 Å². The topological polar surface area (TPSA) is 138 Å². The van der Waals surface area contributed by atoms with E-state index in [1.807, 2.05) is 6.92 Å². The Hall–Kier alpha value is -1.77. The van der Waals surface area contributed by atoms with E-state index in [0.717, 1.165) is 18.2 Å². The Labute approximate surface area is 116 Å². The molecule has 0 aromatic heterocycles. The molecule has 0 aliphatic rings. The quantitative estimate of drug-likeness (QED) is 0.363. The van der Waals surface area contributed by atoms with Crippen molar-refractivity contribution < 1.29 is 9.59 Å². The molecule has 0 aromatic carbocycles. The van der Waals surface area contributed by atoms with Gasteiger partial charge in [-0.25, -0.2) is 0 Å². The molecule has 0 radical (unpaired) electrons. The summed E-state index contributed by atoms with van der Waals surface area (Å²) in [7, 11) is 1.53. The number of hydrogen-bond donors (Lipinski definition) is 4. The lowest BCUT2D eigenvalue weighted by atomic mass is 10.4. The lowest BCUT2D eigenvalue weighted by Gasteiger charge is -2.16. The Morgan fingerprint density at radius 3 is 2.58 bits per heavy atom. The Kier molecular flexibility index (Phi) is 8.34. The summed E-state index contributed by atoms with van der Waals surface area (Å²) in [6.45, 7) is 2.53. The molecule has 0 unspecified atom stereocenters. The van der Waals surface area contributed by atoms with E-state index in [2.05, 4.69) is 10.3 Å². The molecule has 0 fully saturated rings. The van der Waals surface area contributed by atoms with E-state index in [0.29, 0.717) is 6.54 Å². The second kappa shape index (κ2) is 9.20. The van der Waals surface area contributed by atoms with Gasteiger partial charge in [-0.3, -0.25) is 15.0 Å². The zero-order valence-electron chi connectivity index (χ0n) is 11.1. The van der Waals surface area contributed by atoms with E-state index < -0.39 is 0 Å². The summed E-state index contributed by atoms with van der Waals surface area (Å²) in [5.41, 5.74) is 10.2. The number of carbonyl (C=O) groups is 2. The van der Waals surface area contributed by atoms with Gasteiger partial charge in [-0.15, -0.1) is 0 Å². The number of guanidine groups is 1. The van der Waals surface area contributed by atoms with E-state index >= 15 is 0 Å². The van der Waals surface area contributed by atoms with Crippen LogP contribution in [0.4, 0.5) is 0 Å². The maximum Gasteiger partial charge on any atom is 0.239 e. The normalized spacial score (nSPS) is 9.58. The highest BCUT2D eigenvalue weighted by Crippen LogP contribution is 2.04. The van der Waals surface area contributed by atoms with Crippen LogP contribution in [0, 0.1) is 5.41 Å². The van der Waals surface area contributed by atoms with Crippen molar-refractivity contribution in [3.05, 3.63) is 0 Å². The third-order valence-corrected chi connectivity index (χ3v) is 2.70. The van der Waals surface area contributed by atoms with Gasteiger partial charge in [-0.1, -0.05) is 18.7 Å². The van der Waals surface area contributed by atoms with Gasteiger partial charge >= 0.3 is 0 Å². The number of rotatable bonds is 6. The van der Waals surface area contributed by atoms with Gasteiger partial charge in [-0.05, 0) is 6.42 Å². The second-order valence-corrected chi connectivity index (χ2v) is 4.69. The van der Waals surface area contributed by atoms with Crippen LogP contribution in [-0.4, -0.2) is 53.7 Å². The molecule has 19 heavy (non-hydrogen) atoms. The highest BCUT2D eigenvalue weighted by molar-refractivity contribution is 8.14. The van der Waals surface area contributed by atoms with Crippen molar-refractivity contribution in [1.82, 2.24) is 10.2 Å². The largest absolute Gasteiger partial charge is 0.370 e. The summed E-state index contributed by atoms with van der Waals surface area (Å²) < 4.78 is 0. The molecule has 0 rings (SSSR count). The molecule has 0 spiro atoms. The lowest BCUT2D eigenvalue weighted by molar-refractivity contribution is -0.132. The van der Waals surface area contributed by atoms with Gasteiger partial charge in [0.25, 0.3) is 0 Å². The molecule has 9 heteroatoms. The molecule has 0 aromatic rings. The summed E-state index contributed by atoms with van der Waals surface area (Å²) in [5, 5.41) is 9.88. The zero-order chi connectivity index (χ0) is 14.8. The van der Waals surface area contributed by atoms with Crippen molar-refractivity contribution in [2.45, 2.75) is 13.3 Å². The van der Waals surface area contributed by atoms with Crippen molar-refractivity contribution in [1.29, 1.82) is 5.41 Å². The first-order valence-electron chi connectivity index (χ1n) is 5.68. The van der Waals surface area contributed by atoms with Crippen molar-refractivity contribution >= 4 is 34.7 Å². The Morgan fingerprint density at radius 1 is 1.42 bits per heavy atom. The second-order valence-electron chi connectivity index (χ2n) is 3.73. The van der Waals surface area contributed by atoms with E-state index in [-0.39, 0.29) is 35.2 Å². The minimum Gasteiger partial charge on any atom is -0.370 e. The predicted molar refractivity (Wildman–Crippen MR) is 76.9 cm³/mol. The number of aliphatic imine (C=N–C) groups is 1. The molecule has 0 bridgehead atoms. The van der Waals surface area contributed by atoms with Crippen LogP contribution in [0.15, 0.2) is 4.99 Å². The van der Waals surface area contributed by atoms with E-state index in [1.165, 1.54) is 11.9 Å². The van der Waals surface area contributed by atoms with Crippen molar-refractivity contribution in [2.24, 2.45) is 16.5 Å². The predicted octanol–water partition coefficient (Wildman–Crippen LogP) is -1.09. The highest BCUT2D eigenvalue weighted by atomic mass is 32.2. The minimum atomic E-state index is -0.271. The molecule has 0 aliphatic carbocycles. The Bertz CT molecular complexity index is 367. The van der Waals surface area contributed by atoms with E-state index in [9.17, 15) is 9.59 Å². The van der Waals surface area contributed by atoms with Gasteiger partial charge in [-0.2, -0.15) is 4.99 Å². The minimum absolute atomic E-state index is 0.00494. The third kappa shape index (κ3) is 8.89. The van der Waals surface area contributed by atoms with Crippen molar-refractivity contribution in [2.75, 3.05) is 25.9 Å². The van der Waals surface area contributed by atoms with Crippen LogP contribution in [0.1, 0.15) is 13.3 Å². The number of nitrogens with zero attached hydrogens (tertiary/aromatic N) is 2. The maximum atomic E-state index is 11.7. The van der Waals surface area contributed by atoms with Gasteiger partial charge in [0.05, 0.1) is 12.3 Å². The van der Waals surface area contributed by atoms with Crippen LogP contribution in [0.2, 0.25) is 0 Å². The standard InChI is InChI=1S/C10H20N6O2S/c1-3-4-14-7(17)5-16(2)8(18)6-19-10(13)15-9(11)12/h3-6H2,1-2H3,(H,14,17)(H5,11,12,13,15). The van der Waals surface area contributed by atoms with Crippen LogP contribution in [0.3, 0.4) is 0 Å². The van der Waals surface area contributed by atoms with E-state index in [1.54, 1.807) is 0 Å². The van der Waals surface area contributed by atoms with Crippen LogP contribution in [0.25, 0.3) is 0 Å². The number of nitrogens with two attached hydrogens (primary N) is 2. The molecular formula is C10H20N6O2S.